The minimum Gasteiger partial charge on any atom is -0.307 e. The molecule has 0 unspecified atom stereocenters. The SMILES string of the molecule is O=C1NC(=S)SC1=Cc1cccc(CSc2ccc(F)cc2)c1. The lowest BCUT2D eigenvalue weighted by Crippen LogP contribution is -2.17. The first-order chi connectivity index (χ1) is 11.1. The molecule has 1 aliphatic heterocycles. The van der Waals surface area contributed by atoms with E-state index in [-0.39, 0.29) is 11.7 Å². The van der Waals surface area contributed by atoms with Crippen molar-refractivity contribution in [3.63, 3.8) is 0 Å². The minimum absolute atomic E-state index is 0.147. The third kappa shape index (κ3) is 4.43. The fraction of sp³-hybridized carbons (Fsp3) is 0.0588. The summed E-state index contributed by atoms with van der Waals surface area (Å²) in [6.45, 7) is 0. The number of carbonyl (C=O) groups is 1. The second-order valence-electron chi connectivity index (χ2n) is 4.84. The van der Waals surface area contributed by atoms with Crippen LogP contribution < -0.4 is 5.32 Å². The van der Waals surface area contributed by atoms with Gasteiger partial charge < -0.3 is 5.32 Å². The molecule has 2 nitrogen and oxygen atoms in total. The second kappa shape index (κ2) is 7.29. The molecule has 1 fully saturated rings. The summed E-state index contributed by atoms with van der Waals surface area (Å²) in [7, 11) is 0. The van der Waals surface area contributed by atoms with E-state index in [1.807, 2.05) is 30.3 Å². The highest BCUT2D eigenvalue weighted by molar-refractivity contribution is 8.26. The molecule has 1 N–H and O–H groups in total. The van der Waals surface area contributed by atoms with E-state index >= 15 is 0 Å². The zero-order valence-corrected chi connectivity index (χ0v) is 14.4. The van der Waals surface area contributed by atoms with E-state index in [2.05, 4.69) is 5.32 Å². The molecule has 1 saturated heterocycles. The highest BCUT2D eigenvalue weighted by Crippen LogP contribution is 2.27. The quantitative estimate of drug-likeness (QED) is 0.489. The van der Waals surface area contributed by atoms with Crippen LogP contribution in [0.15, 0.2) is 58.3 Å². The van der Waals surface area contributed by atoms with Gasteiger partial charge in [0.15, 0.2) is 0 Å². The van der Waals surface area contributed by atoms with Crippen LogP contribution in [0.4, 0.5) is 4.39 Å². The molecule has 3 rings (SSSR count). The Kier molecular flexibility index (Phi) is 5.15. The third-order valence-corrected chi connectivity index (χ3v) is 5.36. The van der Waals surface area contributed by atoms with Gasteiger partial charge >= 0.3 is 0 Å². The summed E-state index contributed by atoms with van der Waals surface area (Å²) < 4.78 is 13.4. The summed E-state index contributed by atoms with van der Waals surface area (Å²) in [6.07, 6.45) is 1.84. The van der Waals surface area contributed by atoms with Gasteiger partial charge in [-0.05, 0) is 41.5 Å². The van der Waals surface area contributed by atoms with Crippen molar-refractivity contribution in [2.75, 3.05) is 0 Å². The molecular formula is C17H12FNOS3. The lowest BCUT2D eigenvalue weighted by Gasteiger charge is -2.04. The van der Waals surface area contributed by atoms with Crippen LogP contribution in [0.25, 0.3) is 6.08 Å². The topological polar surface area (TPSA) is 29.1 Å². The van der Waals surface area contributed by atoms with Crippen LogP contribution in [0, 0.1) is 5.82 Å². The van der Waals surface area contributed by atoms with Crippen LogP contribution in [0.5, 0.6) is 0 Å². The fourth-order valence-corrected chi connectivity index (χ4v) is 3.93. The van der Waals surface area contributed by atoms with Crippen LogP contribution in [-0.2, 0) is 10.5 Å². The molecule has 0 radical (unpaired) electrons. The first-order valence-electron chi connectivity index (χ1n) is 6.82. The molecule has 2 aromatic rings. The molecule has 23 heavy (non-hydrogen) atoms. The standard InChI is InChI=1S/C17H12FNOS3/c18-13-4-6-14(7-5-13)22-10-12-3-1-2-11(8-12)9-15-16(20)19-17(21)23-15/h1-9H,10H2,(H,19,20,21). The van der Waals surface area contributed by atoms with Gasteiger partial charge in [-0.25, -0.2) is 4.39 Å². The summed E-state index contributed by atoms with van der Waals surface area (Å²) in [6, 6.07) is 14.4. The van der Waals surface area contributed by atoms with Crippen molar-refractivity contribution in [3.8, 4) is 0 Å². The van der Waals surface area contributed by atoms with Gasteiger partial charge in [-0.3, -0.25) is 4.79 Å². The van der Waals surface area contributed by atoms with Crippen molar-refractivity contribution >= 4 is 52.0 Å². The molecule has 0 spiro atoms. The molecule has 1 aliphatic rings. The molecule has 2 aromatic carbocycles. The molecule has 0 bridgehead atoms. The molecule has 1 heterocycles. The van der Waals surface area contributed by atoms with Crippen LogP contribution >= 0.6 is 35.7 Å². The van der Waals surface area contributed by atoms with Gasteiger partial charge in [-0.15, -0.1) is 11.8 Å². The zero-order valence-electron chi connectivity index (χ0n) is 11.9. The number of carbonyl (C=O) groups excluding carboxylic acids is 1. The van der Waals surface area contributed by atoms with Crippen LogP contribution in [0.3, 0.4) is 0 Å². The van der Waals surface area contributed by atoms with Crippen molar-refractivity contribution in [1.82, 2.24) is 5.32 Å². The Morgan fingerprint density at radius 3 is 2.70 bits per heavy atom. The zero-order chi connectivity index (χ0) is 16.2. The number of hydrogen-bond donors (Lipinski definition) is 1. The Morgan fingerprint density at radius 1 is 1.22 bits per heavy atom. The summed E-state index contributed by atoms with van der Waals surface area (Å²) in [5.41, 5.74) is 2.10. The van der Waals surface area contributed by atoms with Gasteiger partial charge in [0.1, 0.15) is 10.1 Å². The Hall–Kier alpha value is -1.63. The Morgan fingerprint density at radius 2 is 2.00 bits per heavy atom. The average molecular weight is 361 g/mol. The van der Waals surface area contributed by atoms with Crippen molar-refractivity contribution in [2.24, 2.45) is 0 Å². The maximum atomic E-state index is 12.9. The van der Waals surface area contributed by atoms with E-state index in [4.69, 9.17) is 12.2 Å². The Balaban J connectivity index is 1.70. The molecule has 116 valence electrons. The Bertz CT molecular complexity index is 787. The summed E-state index contributed by atoms with van der Waals surface area (Å²) in [5.74, 6) is 0.403. The van der Waals surface area contributed by atoms with E-state index in [1.54, 1.807) is 23.9 Å². The summed E-state index contributed by atoms with van der Waals surface area (Å²) >= 11 is 7.90. The molecule has 0 atom stereocenters. The highest BCUT2D eigenvalue weighted by Gasteiger charge is 2.21. The van der Waals surface area contributed by atoms with Crippen molar-refractivity contribution in [2.45, 2.75) is 10.6 Å². The normalized spacial score (nSPS) is 16.0. The lowest BCUT2D eigenvalue weighted by molar-refractivity contribution is -0.115. The van der Waals surface area contributed by atoms with E-state index in [1.165, 1.54) is 23.9 Å². The number of thioether (sulfide) groups is 2. The van der Waals surface area contributed by atoms with Crippen LogP contribution in [-0.4, -0.2) is 10.2 Å². The minimum atomic E-state index is -0.228. The second-order valence-corrected chi connectivity index (χ2v) is 7.61. The predicted octanol–water partition coefficient (Wildman–Crippen LogP) is 4.61. The van der Waals surface area contributed by atoms with Gasteiger partial charge in [0.25, 0.3) is 5.91 Å². The lowest BCUT2D eigenvalue weighted by atomic mass is 10.1. The first-order valence-corrected chi connectivity index (χ1v) is 9.03. The maximum absolute atomic E-state index is 12.9. The number of benzene rings is 2. The van der Waals surface area contributed by atoms with Crippen molar-refractivity contribution < 1.29 is 9.18 Å². The smallest absolute Gasteiger partial charge is 0.263 e. The van der Waals surface area contributed by atoms with E-state index < -0.39 is 0 Å². The van der Waals surface area contributed by atoms with Crippen LogP contribution in [0.1, 0.15) is 11.1 Å². The van der Waals surface area contributed by atoms with E-state index in [9.17, 15) is 9.18 Å². The van der Waals surface area contributed by atoms with Gasteiger partial charge in [0.2, 0.25) is 0 Å². The third-order valence-electron chi connectivity index (χ3n) is 3.11. The molecular weight excluding hydrogens is 349 g/mol. The summed E-state index contributed by atoms with van der Waals surface area (Å²) in [5, 5.41) is 2.61. The first kappa shape index (κ1) is 16.2. The van der Waals surface area contributed by atoms with Gasteiger partial charge in [0, 0.05) is 10.6 Å². The van der Waals surface area contributed by atoms with Crippen molar-refractivity contribution in [3.05, 3.63) is 70.4 Å². The number of hydrogen-bond acceptors (Lipinski definition) is 4. The molecule has 0 aliphatic carbocycles. The van der Waals surface area contributed by atoms with Gasteiger partial charge in [-0.2, -0.15) is 0 Å². The number of rotatable bonds is 4. The van der Waals surface area contributed by atoms with Gasteiger partial charge in [0.05, 0.1) is 4.91 Å². The molecule has 1 amide bonds. The predicted molar refractivity (Wildman–Crippen MR) is 98.7 cm³/mol. The van der Waals surface area contributed by atoms with E-state index in [0.717, 1.165) is 21.8 Å². The number of amides is 1. The van der Waals surface area contributed by atoms with Crippen LogP contribution in [0.2, 0.25) is 0 Å². The molecule has 0 aromatic heterocycles. The molecule has 6 heteroatoms. The Labute approximate surface area is 147 Å². The summed E-state index contributed by atoms with van der Waals surface area (Å²) in [4.78, 5) is 13.3. The maximum Gasteiger partial charge on any atom is 0.263 e. The van der Waals surface area contributed by atoms with Gasteiger partial charge in [-0.1, -0.05) is 48.2 Å². The highest BCUT2D eigenvalue weighted by atomic mass is 32.2. The largest absolute Gasteiger partial charge is 0.307 e. The monoisotopic (exact) mass is 361 g/mol. The van der Waals surface area contributed by atoms with E-state index in [0.29, 0.717) is 9.23 Å². The fourth-order valence-electron chi connectivity index (χ4n) is 2.04. The number of nitrogens with one attached hydrogen (secondary N) is 1. The molecule has 0 saturated carbocycles. The number of halogens is 1. The number of thiocarbonyl (C=S) groups is 1. The average Bonchev–Trinajstić information content (AvgIpc) is 2.85. The van der Waals surface area contributed by atoms with Crippen molar-refractivity contribution in [1.29, 1.82) is 0 Å².